The van der Waals surface area contributed by atoms with Crippen molar-refractivity contribution in [2.45, 2.75) is 29.7 Å². The van der Waals surface area contributed by atoms with Crippen LogP contribution in [0, 0.1) is 11.6 Å². The number of nitrogens with two attached hydrogens (primary N) is 1. The van der Waals surface area contributed by atoms with E-state index in [9.17, 15) is 22.4 Å². The molecule has 4 nitrogen and oxygen atoms in total. The van der Waals surface area contributed by atoms with E-state index in [0.717, 1.165) is 24.1 Å². The molecule has 0 bridgehead atoms. The molecule has 1 amide bonds. The number of hydrogen-bond acceptors (Lipinski definition) is 4. The number of hydrogen-bond donors (Lipinski definition) is 2. The van der Waals surface area contributed by atoms with Crippen molar-refractivity contribution in [3.63, 3.8) is 0 Å². The van der Waals surface area contributed by atoms with Gasteiger partial charge in [0.15, 0.2) is 11.6 Å². The number of carbonyl (C=O) groups excluding carboxylic acids is 1. The second kappa shape index (κ2) is 7.77. The fourth-order valence-corrected chi connectivity index (χ4v) is 3.37. The fourth-order valence-electron chi connectivity index (χ4n) is 3.01. The zero-order valence-electron chi connectivity index (χ0n) is 14.1. The molecule has 0 saturated carbocycles. The third-order valence-corrected chi connectivity index (χ3v) is 4.89. The minimum Gasteiger partial charge on any atom is -0.359 e. The average molecular weight is 399 g/mol. The normalized spacial score (nSPS) is 19.0. The van der Waals surface area contributed by atoms with Crippen molar-refractivity contribution in [3.8, 4) is 0 Å². The summed E-state index contributed by atoms with van der Waals surface area (Å²) in [7, 11) is 0. The fraction of sp³-hybridized carbons (Fsp3) is 0.278. The van der Waals surface area contributed by atoms with Crippen molar-refractivity contribution in [2.24, 2.45) is 5.14 Å². The molecule has 3 rings (SSSR count). The lowest BCUT2D eigenvalue weighted by Crippen LogP contribution is -2.53. The summed E-state index contributed by atoms with van der Waals surface area (Å²) in [4.78, 5) is 14.8. The second-order valence-corrected chi connectivity index (χ2v) is 6.96. The largest absolute Gasteiger partial charge is 0.359 e. The van der Waals surface area contributed by atoms with Crippen LogP contribution in [-0.2, 0) is 4.79 Å². The van der Waals surface area contributed by atoms with Gasteiger partial charge in [0, 0.05) is 41.7 Å². The molecule has 1 fully saturated rings. The quantitative estimate of drug-likeness (QED) is 0.598. The molecule has 0 aromatic heterocycles. The summed E-state index contributed by atoms with van der Waals surface area (Å²) in [5, 5.41) is 8.08. The molecule has 0 spiro atoms. The molecule has 1 saturated heterocycles. The predicted molar refractivity (Wildman–Crippen MR) is 96.8 cm³/mol. The highest BCUT2D eigenvalue weighted by atomic mass is 32.2. The molecular formula is C18H17F4N3OS. The maximum atomic E-state index is 13.9. The molecule has 2 aromatic carbocycles. The van der Waals surface area contributed by atoms with E-state index in [1.165, 1.54) is 11.0 Å². The monoisotopic (exact) mass is 399 g/mol. The van der Waals surface area contributed by atoms with Crippen LogP contribution in [-0.4, -0.2) is 24.4 Å². The number of alkyl halides is 2. The summed E-state index contributed by atoms with van der Waals surface area (Å²) in [6.45, 7) is -0.158. The van der Waals surface area contributed by atoms with Gasteiger partial charge in [-0.2, -0.15) is 0 Å². The average Bonchev–Trinajstić information content (AvgIpc) is 2.63. The molecule has 1 unspecified atom stereocenters. The molecule has 0 radical (unpaired) electrons. The number of rotatable bonds is 4. The van der Waals surface area contributed by atoms with Crippen LogP contribution >= 0.6 is 11.9 Å². The third-order valence-electron chi connectivity index (χ3n) is 4.36. The van der Waals surface area contributed by atoms with Crippen LogP contribution < -0.4 is 15.4 Å². The number of nitrogens with one attached hydrogen (secondary N) is 1. The zero-order valence-corrected chi connectivity index (χ0v) is 14.9. The first-order chi connectivity index (χ1) is 12.8. The van der Waals surface area contributed by atoms with Crippen LogP contribution in [0.25, 0.3) is 0 Å². The molecule has 0 aliphatic carbocycles. The van der Waals surface area contributed by atoms with E-state index in [-0.39, 0.29) is 12.2 Å². The van der Waals surface area contributed by atoms with Gasteiger partial charge in [0.25, 0.3) is 5.92 Å². The summed E-state index contributed by atoms with van der Waals surface area (Å²) >= 11 is 0.987. The first-order valence-electron chi connectivity index (χ1n) is 8.16. The van der Waals surface area contributed by atoms with Crippen molar-refractivity contribution in [2.75, 3.05) is 16.8 Å². The Kier molecular flexibility index (Phi) is 5.61. The van der Waals surface area contributed by atoms with Crippen LogP contribution in [0.15, 0.2) is 47.4 Å². The third kappa shape index (κ3) is 4.54. The van der Waals surface area contributed by atoms with Crippen molar-refractivity contribution in [1.29, 1.82) is 0 Å². The van der Waals surface area contributed by atoms with Crippen LogP contribution in [0.5, 0.6) is 0 Å². The lowest BCUT2D eigenvalue weighted by molar-refractivity contribution is -0.121. The Morgan fingerprint density at radius 2 is 1.96 bits per heavy atom. The zero-order chi connectivity index (χ0) is 19.6. The van der Waals surface area contributed by atoms with Gasteiger partial charge in [-0.05, 0) is 42.3 Å². The molecule has 1 atom stereocenters. The van der Waals surface area contributed by atoms with Gasteiger partial charge in [-0.3, -0.25) is 9.93 Å². The van der Waals surface area contributed by atoms with E-state index in [0.29, 0.717) is 10.6 Å². The highest BCUT2D eigenvalue weighted by molar-refractivity contribution is 7.97. The molecule has 144 valence electrons. The van der Waals surface area contributed by atoms with Gasteiger partial charge < -0.3 is 10.2 Å². The van der Waals surface area contributed by atoms with Gasteiger partial charge in [-0.15, -0.1) is 0 Å². The summed E-state index contributed by atoms with van der Waals surface area (Å²) in [6, 6.07) is 8.50. The van der Waals surface area contributed by atoms with E-state index in [4.69, 9.17) is 5.14 Å². The van der Waals surface area contributed by atoms with Crippen molar-refractivity contribution >= 4 is 29.2 Å². The first-order valence-corrected chi connectivity index (χ1v) is 9.04. The molecule has 1 heterocycles. The van der Waals surface area contributed by atoms with Crippen LogP contribution in [0.1, 0.15) is 12.8 Å². The Bertz CT molecular complexity index is 849. The smallest absolute Gasteiger partial charge is 0.252 e. The Morgan fingerprint density at radius 1 is 1.19 bits per heavy atom. The van der Waals surface area contributed by atoms with Gasteiger partial charge in [0.2, 0.25) is 5.91 Å². The highest BCUT2D eigenvalue weighted by Crippen LogP contribution is 2.35. The number of benzene rings is 2. The summed E-state index contributed by atoms with van der Waals surface area (Å²) in [5.41, 5.74) is 0.588. The Balaban J connectivity index is 1.86. The molecule has 9 heteroatoms. The lowest BCUT2D eigenvalue weighted by atomic mass is 9.96. The van der Waals surface area contributed by atoms with Gasteiger partial charge in [-0.1, -0.05) is 6.07 Å². The highest BCUT2D eigenvalue weighted by Gasteiger charge is 2.43. The number of anilines is 2. The number of nitrogens with zero attached hydrogens (tertiary/aromatic N) is 1. The SMILES string of the molecule is NSc1cccc(NC(=O)C2CC(F)(F)CCN2c2ccc(F)c(F)c2)c1. The van der Waals surface area contributed by atoms with Gasteiger partial charge in [0.1, 0.15) is 6.04 Å². The summed E-state index contributed by atoms with van der Waals surface area (Å²) < 4.78 is 54.7. The van der Waals surface area contributed by atoms with E-state index in [1.54, 1.807) is 24.3 Å². The van der Waals surface area contributed by atoms with Crippen LogP contribution in [0.2, 0.25) is 0 Å². The minimum atomic E-state index is -3.02. The standard InChI is InChI=1S/C18H17F4N3OS/c19-14-5-4-12(9-15(14)20)25-7-6-18(21,22)10-16(25)17(26)24-11-2-1-3-13(8-11)27-23/h1-5,8-9,16H,6-7,10,23H2,(H,24,26). The van der Waals surface area contributed by atoms with Gasteiger partial charge in [-0.25, -0.2) is 17.6 Å². The van der Waals surface area contributed by atoms with Gasteiger partial charge >= 0.3 is 0 Å². The Hall–Kier alpha value is -2.26. The number of carbonyl (C=O) groups is 1. The van der Waals surface area contributed by atoms with E-state index in [1.807, 2.05) is 0 Å². The topological polar surface area (TPSA) is 58.4 Å². The first kappa shape index (κ1) is 19.5. The van der Waals surface area contributed by atoms with Crippen molar-refractivity contribution in [1.82, 2.24) is 0 Å². The number of amides is 1. The Morgan fingerprint density at radius 3 is 2.67 bits per heavy atom. The molecule has 2 aromatic rings. The summed E-state index contributed by atoms with van der Waals surface area (Å²) in [6.07, 6.45) is -1.20. The second-order valence-electron chi connectivity index (χ2n) is 6.25. The van der Waals surface area contributed by atoms with Gasteiger partial charge in [0.05, 0.1) is 0 Å². The predicted octanol–water partition coefficient (Wildman–Crippen LogP) is 4.17. The minimum absolute atomic E-state index is 0.158. The van der Waals surface area contributed by atoms with E-state index >= 15 is 0 Å². The molecule has 3 N–H and O–H groups in total. The van der Waals surface area contributed by atoms with E-state index in [2.05, 4.69) is 5.32 Å². The van der Waals surface area contributed by atoms with E-state index < -0.39 is 42.3 Å². The number of halogens is 4. The molecule has 1 aliphatic heterocycles. The maximum Gasteiger partial charge on any atom is 0.252 e. The Labute approximate surface area is 157 Å². The van der Waals surface area contributed by atoms with Crippen molar-refractivity contribution < 1.29 is 22.4 Å². The molecule has 27 heavy (non-hydrogen) atoms. The number of piperidine rings is 1. The lowest BCUT2D eigenvalue weighted by Gasteiger charge is -2.39. The van der Waals surface area contributed by atoms with Crippen molar-refractivity contribution in [3.05, 3.63) is 54.1 Å². The molecular weight excluding hydrogens is 382 g/mol. The van der Waals surface area contributed by atoms with Crippen LogP contribution in [0.3, 0.4) is 0 Å². The molecule has 1 aliphatic rings. The van der Waals surface area contributed by atoms with Crippen LogP contribution in [0.4, 0.5) is 28.9 Å². The summed E-state index contributed by atoms with van der Waals surface area (Å²) in [5.74, 6) is -5.82. The maximum absolute atomic E-state index is 13.9.